The Morgan fingerprint density at radius 2 is 1.71 bits per heavy atom. The number of hydrogen-bond donors (Lipinski definition) is 0. The maximum absolute atomic E-state index is 12.2. The van der Waals surface area contributed by atoms with Gasteiger partial charge in [0, 0.05) is 24.1 Å². The molecule has 0 aliphatic carbocycles. The van der Waals surface area contributed by atoms with Crippen molar-refractivity contribution in [2.75, 3.05) is 42.6 Å². The highest BCUT2D eigenvalue weighted by Gasteiger charge is 2.32. The highest BCUT2D eigenvalue weighted by Crippen LogP contribution is 2.25. The molecule has 7 nitrogen and oxygen atoms in total. The number of aliphatic imine (C=N–C) groups is 1. The fourth-order valence-electron chi connectivity index (χ4n) is 3.25. The number of ether oxygens (including phenoxy) is 2. The molecule has 2 amide bonds. The number of amides is 2. The van der Waals surface area contributed by atoms with E-state index in [0.717, 1.165) is 16.9 Å². The van der Waals surface area contributed by atoms with E-state index in [1.807, 2.05) is 54.6 Å². The first-order valence-corrected chi connectivity index (χ1v) is 9.22. The van der Waals surface area contributed by atoms with Crippen molar-refractivity contribution in [1.29, 1.82) is 0 Å². The molecular formula is C21H21N3O4. The van der Waals surface area contributed by atoms with Gasteiger partial charge in [-0.15, -0.1) is 0 Å². The quantitative estimate of drug-likeness (QED) is 0.749. The number of nitrogens with zero attached hydrogens (tertiary/aromatic N) is 3. The molecule has 28 heavy (non-hydrogen) atoms. The van der Waals surface area contributed by atoms with Crippen LogP contribution in [0.3, 0.4) is 0 Å². The second-order valence-corrected chi connectivity index (χ2v) is 6.64. The lowest BCUT2D eigenvalue weighted by Crippen LogP contribution is -2.41. The molecule has 2 aromatic rings. The largest absolute Gasteiger partial charge is 0.442 e. The topological polar surface area (TPSA) is 71.4 Å². The van der Waals surface area contributed by atoms with Crippen molar-refractivity contribution in [3.8, 4) is 0 Å². The highest BCUT2D eigenvalue weighted by molar-refractivity contribution is 5.95. The Labute approximate surface area is 163 Å². The minimum atomic E-state index is -0.380. The predicted octanol–water partition coefficient (Wildman–Crippen LogP) is 2.49. The van der Waals surface area contributed by atoms with E-state index in [-0.39, 0.29) is 24.7 Å². The molecule has 2 aliphatic rings. The van der Waals surface area contributed by atoms with Crippen LogP contribution in [0.5, 0.6) is 0 Å². The van der Waals surface area contributed by atoms with Crippen LogP contribution >= 0.6 is 0 Å². The van der Waals surface area contributed by atoms with Crippen LogP contribution in [0, 0.1) is 0 Å². The van der Waals surface area contributed by atoms with Gasteiger partial charge in [0.1, 0.15) is 12.7 Å². The first-order chi connectivity index (χ1) is 13.7. The average Bonchev–Trinajstić information content (AvgIpc) is 3.10. The normalized spacial score (nSPS) is 20.1. The van der Waals surface area contributed by atoms with Crippen molar-refractivity contribution in [1.82, 2.24) is 0 Å². The van der Waals surface area contributed by atoms with Crippen LogP contribution in [-0.4, -0.2) is 57.2 Å². The molecule has 2 aromatic carbocycles. The second kappa shape index (κ2) is 8.22. The summed E-state index contributed by atoms with van der Waals surface area (Å²) in [5.41, 5.74) is 2.55. The summed E-state index contributed by atoms with van der Waals surface area (Å²) in [4.78, 5) is 31.8. The number of morpholine rings is 1. The molecule has 2 fully saturated rings. The van der Waals surface area contributed by atoms with Crippen molar-refractivity contribution < 1.29 is 19.1 Å². The Morgan fingerprint density at radius 3 is 2.43 bits per heavy atom. The Bertz CT molecular complexity index is 867. The lowest BCUT2D eigenvalue weighted by molar-refractivity contribution is -0.125. The van der Waals surface area contributed by atoms with Crippen LogP contribution in [0.2, 0.25) is 0 Å². The Hall–Kier alpha value is -3.19. The van der Waals surface area contributed by atoms with Gasteiger partial charge in [0.2, 0.25) is 0 Å². The van der Waals surface area contributed by atoms with Crippen molar-refractivity contribution in [3.05, 3.63) is 60.2 Å². The van der Waals surface area contributed by atoms with E-state index < -0.39 is 0 Å². The minimum absolute atomic E-state index is 0.0593. The third-order valence-corrected chi connectivity index (χ3v) is 4.68. The number of benzene rings is 2. The van der Waals surface area contributed by atoms with Crippen molar-refractivity contribution in [3.63, 3.8) is 0 Å². The summed E-state index contributed by atoms with van der Waals surface area (Å²) in [5.74, 6) is -0.0593. The van der Waals surface area contributed by atoms with Gasteiger partial charge in [-0.25, -0.2) is 4.79 Å². The minimum Gasteiger partial charge on any atom is -0.442 e. The SMILES string of the molecule is O=C1COCCN1c1ccc(N2CC(C/N=C/c3ccccc3)OC2=O)cc1. The molecule has 0 bridgehead atoms. The van der Waals surface area contributed by atoms with Gasteiger partial charge in [-0.05, 0) is 29.8 Å². The first kappa shape index (κ1) is 18.2. The summed E-state index contributed by atoms with van der Waals surface area (Å²) < 4.78 is 10.6. The van der Waals surface area contributed by atoms with Gasteiger partial charge in [0.05, 0.1) is 19.7 Å². The van der Waals surface area contributed by atoms with Gasteiger partial charge < -0.3 is 14.4 Å². The van der Waals surface area contributed by atoms with Crippen LogP contribution in [0.15, 0.2) is 59.6 Å². The number of rotatable bonds is 5. The Morgan fingerprint density at radius 1 is 1.00 bits per heavy atom. The van der Waals surface area contributed by atoms with Crippen LogP contribution in [-0.2, 0) is 14.3 Å². The Kier molecular flexibility index (Phi) is 5.34. The van der Waals surface area contributed by atoms with E-state index in [1.54, 1.807) is 16.0 Å². The molecule has 1 atom stereocenters. The van der Waals surface area contributed by atoms with Crippen LogP contribution < -0.4 is 9.80 Å². The van der Waals surface area contributed by atoms with Gasteiger partial charge >= 0.3 is 6.09 Å². The second-order valence-electron chi connectivity index (χ2n) is 6.64. The van der Waals surface area contributed by atoms with Gasteiger partial charge in [-0.1, -0.05) is 30.3 Å². The average molecular weight is 379 g/mol. The van der Waals surface area contributed by atoms with Gasteiger partial charge in [-0.2, -0.15) is 0 Å². The smallest absolute Gasteiger partial charge is 0.414 e. The zero-order valence-electron chi connectivity index (χ0n) is 15.4. The lowest BCUT2D eigenvalue weighted by atomic mass is 10.2. The number of carbonyl (C=O) groups excluding carboxylic acids is 2. The van der Waals surface area contributed by atoms with Crippen molar-refractivity contribution in [2.45, 2.75) is 6.10 Å². The van der Waals surface area contributed by atoms with E-state index >= 15 is 0 Å². The molecule has 0 saturated carbocycles. The van der Waals surface area contributed by atoms with Gasteiger partial charge in [0.25, 0.3) is 5.91 Å². The molecule has 0 radical (unpaired) electrons. The third-order valence-electron chi connectivity index (χ3n) is 4.68. The monoisotopic (exact) mass is 379 g/mol. The fraction of sp³-hybridized carbons (Fsp3) is 0.286. The maximum Gasteiger partial charge on any atom is 0.414 e. The zero-order valence-corrected chi connectivity index (χ0v) is 15.4. The van der Waals surface area contributed by atoms with Gasteiger partial charge in [0.15, 0.2) is 0 Å². The summed E-state index contributed by atoms with van der Waals surface area (Å²) in [6.07, 6.45) is 1.12. The highest BCUT2D eigenvalue weighted by atomic mass is 16.6. The number of hydrogen-bond acceptors (Lipinski definition) is 5. The number of anilines is 2. The summed E-state index contributed by atoms with van der Waals surface area (Å²) >= 11 is 0. The Balaban J connectivity index is 1.37. The number of cyclic esters (lactones) is 1. The lowest BCUT2D eigenvalue weighted by Gasteiger charge is -2.27. The summed E-state index contributed by atoms with van der Waals surface area (Å²) in [6.45, 7) is 2.02. The molecule has 0 spiro atoms. The molecule has 0 N–H and O–H groups in total. The molecule has 1 unspecified atom stereocenters. The maximum atomic E-state index is 12.2. The fourth-order valence-corrected chi connectivity index (χ4v) is 3.25. The van der Waals surface area contributed by atoms with E-state index in [9.17, 15) is 9.59 Å². The van der Waals surface area contributed by atoms with Crippen LogP contribution in [0.1, 0.15) is 5.56 Å². The molecule has 144 valence electrons. The third kappa shape index (κ3) is 4.04. The van der Waals surface area contributed by atoms with Crippen LogP contribution in [0.25, 0.3) is 0 Å². The van der Waals surface area contributed by atoms with Crippen LogP contribution in [0.4, 0.5) is 16.2 Å². The van der Waals surface area contributed by atoms with Gasteiger partial charge in [-0.3, -0.25) is 14.7 Å². The molecule has 4 rings (SSSR count). The summed E-state index contributed by atoms with van der Waals surface area (Å²) in [7, 11) is 0. The van der Waals surface area contributed by atoms with E-state index in [4.69, 9.17) is 9.47 Å². The molecule has 0 aromatic heterocycles. The molecule has 2 heterocycles. The van der Waals surface area contributed by atoms with E-state index in [0.29, 0.717) is 26.2 Å². The molecule has 2 saturated heterocycles. The van der Waals surface area contributed by atoms with Crippen molar-refractivity contribution >= 4 is 29.6 Å². The summed E-state index contributed by atoms with van der Waals surface area (Å²) in [6, 6.07) is 17.1. The molecule has 7 heteroatoms. The molecular weight excluding hydrogens is 358 g/mol. The van der Waals surface area contributed by atoms with E-state index in [2.05, 4.69) is 4.99 Å². The number of carbonyl (C=O) groups is 2. The standard InChI is InChI=1S/C21H21N3O4/c25-20-15-27-11-10-23(20)17-6-8-18(9-7-17)24-14-19(28-21(24)26)13-22-12-16-4-2-1-3-5-16/h1-9,12,19H,10-11,13-15H2/b22-12+. The zero-order chi connectivity index (χ0) is 19.3. The summed E-state index contributed by atoms with van der Waals surface area (Å²) in [5, 5.41) is 0. The van der Waals surface area contributed by atoms with Crippen molar-refractivity contribution in [2.24, 2.45) is 4.99 Å². The first-order valence-electron chi connectivity index (χ1n) is 9.22. The molecule has 2 aliphatic heterocycles. The van der Waals surface area contributed by atoms with E-state index in [1.165, 1.54) is 0 Å². The predicted molar refractivity (Wildman–Crippen MR) is 106 cm³/mol.